The molecule has 0 aromatic heterocycles. The molecule has 1 aliphatic carbocycles. The van der Waals surface area contributed by atoms with Gasteiger partial charge in [0, 0.05) is 6.42 Å². The van der Waals surface area contributed by atoms with Crippen LogP contribution in [0.4, 0.5) is 0 Å². The predicted octanol–water partition coefficient (Wildman–Crippen LogP) is 3.32. The fourth-order valence-corrected chi connectivity index (χ4v) is 4.21. The zero-order valence-corrected chi connectivity index (χ0v) is 14.1. The van der Waals surface area contributed by atoms with Crippen LogP contribution in [0.15, 0.2) is 41.3 Å². The lowest BCUT2D eigenvalue weighted by Gasteiger charge is -2.13. The number of Topliss-reactive ketones (excluding diaryl/α,β-unsaturated/α-hetero) is 1. The summed E-state index contributed by atoms with van der Waals surface area (Å²) in [6, 6.07) is 10.9. The maximum atomic E-state index is 12.6. The number of carbonyl (C=O) groups excluding carboxylic acids is 1. The van der Waals surface area contributed by atoms with Gasteiger partial charge in [-0.15, -0.1) is 0 Å². The fourth-order valence-electron chi connectivity index (χ4n) is 3.12. The lowest BCUT2D eigenvalue weighted by Crippen LogP contribution is -2.13. The van der Waals surface area contributed by atoms with Crippen molar-refractivity contribution in [2.75, 3.05) is 0 Å². The van der Waals surface area contributed by atoms with Crippen LogP contribution in [0, 0.1) is 18.3 Å². The molecular weight excluding hydrogens is 326 g/mol. The van der Waals surface area contributed by atoms with E-state index in [4.69, 9.17) is 9.44 Å². The number of aryl methyl sites for hydroxylation is 1. The van der Waals surface area contributed by atoms with E-state index in [1.165, 1.54) is 24.3 Å². The Hall–Kier alpha value is -2.65. The number of fused-ring (bicyclic) bond motifs is 1. The molecule has 0 bridgehead atoms. The van der Waals surface area contributed by atoms with E-state index in [-0.39, 0.29) is 27.9 Å². The van der Waals surface area contributed by atoms with Crippen LogP contribution in [-0.2, 0) is 10.1 Å². The van der Waals surface area contributed by atoms with E-state index in [0.29, 0.717) is 12.0 Å². The predicted molar refractivity (Wildman–Crippen MR) is 87.5 cm³/mol. The van der Waals surface area contributed by atoms with Crippen LogP contribution in [0.25, 0.3) is 0 Å². The molecule has 0 saturated heterocycles. The van der Waals surface area contributed by atoms with Crippen molar-refractivity contribution in [1.82, 2.24) is 0 Å². The van der Waals surface area contributed by atoms with Crippen LogP contribution in [-0.4, -0.2) is 14.2 Å². The molecule has 3 rings (SSSR count). The lowest BCUT2D eigenvalue weighted by molar-refractivity contribution is 0.0989. The second kappa shape index (κ2) is 5.77. The molecule has 24 heavy (non-hydrogen) atoms. The largest absolute Gasteiger partial charge is 0.378 e. The number of hydrogen-bond acceptors (Lipinski definition) is 5. The van der Waals surface area contributed by atoms with Crippen molar-refractivity contribution < 1.29 is 17.4 Å². The Morgan fingerprint density at radius 1 is 1.21 bits per heavy atom. The van der Waals surface area contributed by atoms with Crippen molar-refractivity contribution >= 4 is 15.9 Å². The van der Waals surface area contributed by atoms with E-state index < -0.39 is 10.1 Å². The number of hydrogen-bond donors (Lipinski definition) is 0. The van der Waals surface area contributed by atoms with Crippen molar-refractivity contribution in [3.8, 4) is 11.8 Å². The standard InChI is InChI=1S/C18H15NO4S/c1-11-7-8-15(18-14(20)9-12(2)17(11)18)23-24(21,22)16-6-4-3-5-13(16)10-19/h3-8,12H,9H2,1-2H3/t12-/m1/s1. The SMILES string of the molecule is Cc1ccc(OS(=O)(=O)c2ccccc2C#N)c2c1[C@H](C)CC2=O. The molecule has 0 aliphatic heterocycles. The molecule has 6 heteroatoms. The summed E-state index contributed by atoms with van der Waals surface area (Å²) in [5, 5.41) is 9.09. The summed E-state index contributed by atoms with van der Waals surface area (Å²) in [4.78, 5) is 12.1. The molecule has 0 radical (unpaired) electrons. The molecule has 0 unspecified atom stereocenters. The molecule has 2 aromatic rings. The summed E-state index contributed by atoms with van der Waals surface area (Å²) in [5.41, 5.74) is 2.10. The molecule has 122 valence electrons. The third kappa shape index (κ3) is 2.57. The van der Waals surface area contributed by atoms with Crippen molar-refractivity contribution in [3.05, 3.63) is 58.7 Å². The van der Waals surface area contributed by atoms with Crippen LogP contribution in [0.2, 0.25) is 0 Å². The molecular formula is C18H15NO4S. The summed E-state index contributed by atoms with van der Waals surface area (Å²) in [5.74, 6) is -0.0668. The Balaban J connectivity index is 2.10. The zero-order chi connectivity index (χ0) is 17.5. The van der Waals surface area contributed by atoms with Gasteiger partial charge in [-0.2, -0.15) is 13.7 Å². The van der Waals surface area contributed by atoms with Crippen molar-refractivity contribution in [3.63, 3.8) is 0 Å². The molecule has 0 saturated carbocycles. The monoisotopic (exact) mass is 341 g/mol. The van der Waals surface area contributed by atoms with Gasteiger partial charge in [0.25, 0.3) is 0 Å². The number of carbonyl (C=O) groups is 1. The average molecular weight is 341 g/mol. The van der Waals surface area contributed by atoms with E-state index in [2.05, 4.69) is 0 Å². The van der Waals surface area contributed by atoms with Gasteiger partial charge in [0.05, 0.1) is 11.1 Å². The van der Waals surface area contributed by atoms with E-state index in [1.807, 2.05) is 19.9 Å². The molecule has 0 spiro atoms. The molecule has 0 N–H and O–H groups in total. The maximum absolute atomic E-state index is 12.6. The third-order valence-corrected chi connectivity index (χ3v) is 5.46. The van der Waals surface area contributed by atoms with E-state index in [1.54, 1.807) is 12.1 Å². The number of nitrogens with zero attached hydrogens (tertiary/aromatic N) is 1. The number of benzene rings is 2. The fraction of sp³-hybridized carbons (Fsp3) is 0.222. The number of ketones is 1. The topological polar surface area (TPSA) is 84.2 Å². The second-order valence-electron chi connectivity index (χ2n) is 5.84. The van der Waals surface area contributed by atoms with Crippen molar-refractivity contribution in [2.24, 2.45) is 0 Å². The Bertz CT molecular complexity index is 987. The van der Waals surface area contributed by atoms with Gasteiger partial charge in [0.1, 0.15) is 11.0 Å². The van der Waals surface area contributed by atoms with E-state index >= 15 is 0 Å². The Kier molecular flexibility index (Phi) is 3.90. The van der Waals surface area contributed by atoms with Crippen LogP contribution in [0.1, 0.15) is 46.3 Å². The first-order chi connectivity index (χ1) is 11.3. The summed E-state index contributed by atoms with van der Waals surface area (Å²) < 4.78 is 30.4. The molecule has 2 aromatic carbocycles. The minimum absolute atomic E-state index is 0.000881. The first-order valence-electron chi connectivity index (χ1n) is 7.45. The quantitative estimate of drug-likeness (QED) is 0.800. The normalized spacial score (nSPS) is 16.5. The molecule has 0 fully saturated rings. The number of nitriles is 1. The van der Waals surface area contributed by atoms with Gasteiger partial charge in [0.15, 0.2) is 11.5 Å². The third-order valence-electron chi connectivity index (χ3n) is 4.16. The Morgan fingerprint density at radius 2 is 1.92 bits per heavy atom. The molecule has 0 amide bonds. The van der Waals surface area contributed by atoms with Crippen molar-refractivity contribution in [1.29, 1.82) is 5.26 Å². The minimum atomic E-state index is -4.21. The molecule has 1 atom stereocenters. The van der Waals surface area contributed by atoms with Crippen LogP contribution >= 0.6 is 0 Å². The van der Waals surface area contributed by atoms with Gasteiger partial charge >= 0.3 is 10.1 Å². The van der Waals surface area contributed by atoms with Gasteiger partial charge in [0.2, 0.25) is 0 Å². The van der Waals surface area contributed by atoms with Crippen molar-refractivity contribution in [2.45, 2.75) is 31.1 Å². The Labute approximate surface area is 140 Å². The van der Waals surface area contributed by atoms with Gasteiger partial charge in [-0.05, 0) is 42.2 Å². The lowest BCUT2D eigenvalue weighted by atomic mass is 9.98. The average Bonchev–Trinajstić information content (AvgIpc) is 2.85. The molecule has 0 heterocycles. The smallest absolute Gasteiger partial charge is 0.340 e. The highest BCUT2D eigenvalue weighted by Gasteiger charge is 2.33. The molecule has 5 nitrogen and oxygen atoms in total. The first-order valence-corrected chi connectivity index (χ1v) is 8.86. The second-order valence-corrected chi connectivity index (χ2v) is 7.36. The Morgan fingerprint density at radius 3 is 2.62 bits per heavy atom. The highest BCUT2D eigenvalue weighted by molar-refractivity contribution is 7.87. The summed E-state index contributed by atoms with van der Waals surface area (Å²) >= 11 is 0. The van der Waals surface area contributed by atoms with E-state index in [9.17, 15) is 13.2 Å². The van der Waals surface area contributed by atoms with Gasteiger partial charge in [-0.25, -0.2) is 0 Å². The maximum Gasteiger partial charge on any atom is 0.340 e. The van der Waals surface area contributed by atoms with E-state index in [0.717, 1.165) is 11.1 Å². The zero-order valence-electron chi connectivity index (χ0n) is 13.2. The summed E-state index contributed by atoms with van der Waals surface area (Å²) in [6.45, 7) is 3.82. The van der Waals surface area contributed by atoms with Gasteiger partial charge in [-0.1, -0.05) is 25.1 Å². The molecule has 1 aliphatic rings. The highest BCUT2D eigenvalue weighted by atomic mass is 32.2. The first kappa shape index (κ1) is 16.2. The van der Waals surface area contributed by atoms with Gasteiger partial charge < -0.3 is 4.18 Å². The van der Waals surface area contributed by atoms with Crippen LogP contribution in [0.3, 0.4) is 0 Å². The van der Waals surface area contributed by atoms with Crippen LogP contribution in [0.5, 0.6) is 5.75 Å². The van der Waals surface area contributed by atoms with Gasteiger partial charge in [-0.3, -0.25) is 4.79 Å². The van der Waals surface area contributed by atoms with Crippen LogP contribution < -0.4 is 4.18 Å². The number of rotatable bonds is 3. The summed E-state index contributed by atoms with van der Waals surface area (Å²) in [6.07, 6.45) is 0.339. The summed E-state index contributed by atoms with van der Waals surface area (Å²) in [7, 11) is -4.21. The minimum Gasteiger partial charge on any atom is -0.378 e. The highest BCUT2D eigenvalue weighted by Crippen LogP contribution is 2.41.